The number of benzene rings is 3. The van der Waals surface area contributed by atoms with Gasteiger partial charge in [0.15, 0.2) is 0 Å². The summed E-state index contributed by atoms with van der Waals surface area (Å²) in [6.45, 7) is 3.42. The fraction of sp³-hybridized carbons (Fsp3) is 0.355. The molecule has 7 nitrogen and oxygen atoms in total. The molecule has 0 unspecified atom stereocenters. The second-order valence-electron chi connectivity index (χ2n) is 10.2. The van der Waals surface area contributed by atoms with Crippen molar-refractivity contribution in [2.75, 3.05) is 10.8 Å². The van der Waals surface area contributed by atoms with Crippen LogP contribution in [0.3, 0.4) is 0 Å². The molecule has 1 fully saturated rings. The van der Waals surface area contributed by atoms with Crippen LogP contribution in [0.1, 0.15) is 50.2 Å². The molecular formula is C31H36ClN3O4S. The largest absolute Gasteiger partial charge is 0.352 e. The topological polar surface area (TPSA) is 86.8 Å². The molecule has 1 aliphatic rings. The quantitative estimate of drug-likeness (QED) is 0.314. The van der Waals surface area contributed by atoms with E-state index >= 15 is 0 Å². The Labute approximate surface area is 242 Å². The lowest BCUT2D eigenvalue weighted by molar-refractivity contribution is -0.140. The number of rotatable bonds is 11. The van der Waals surface area contributed by atoms with E-state index in [4.69, 9.17) is 11.6 Å². The highest BCUT2D eigenvalue weighted by molar-refractivity contribution is 7.92. The van der Waals surface area contributed by atoms with Crippen molar-refractivity contribution in [3.63, 3.8) is 0 Å². The van der Waals surface area contributed by atoms with Crippen molar-refractivity contribution in [2.45, 2.75) is 69.5 Å². The summed E-state index contributed by atoms with van der Waals surface area (Å²) in [6.07, 6.45) is 4.36. The van der Waals surface area contributed by atoms with Crippen LogP contribution in [0, 0.1) is 6.92 Å². The van der Waals surface area contributed by atoms with E-state index in [1.54, 1.807) is 66.7 Å². The molecule has 1 atom stereocenters. The highest BCUT2D eigenvalue weighted by Crippen LogP contribution is 2.25. The number of carbonyl (C=O) groups is 2. The highest BCUT2D eigenvalue weighted by atomic mass is 35.5. The Morgan fingerprint density at radius 2 is 1.57 bits per heavy atom. The lowest BCUT2D eigenvalue weighted by atomic mass is 10.1. The minimum atomic E-state index is -4.08. The van der Waals surface area contributed by atoms with Crippen molar-refractivity contribution < 1.29 is 18.0 Å². The predicted octanol–water partition coefficient (Wildman–Crippen LogP) is 5.71. The fourth-order valence-electron chi connectivity index (χ4n) is 5.03. The molecule has 0 heterocycles. The number of hydrogen-bond donors (Lipinski definition) is 1. The van der Waals surface area contributed by atoms with Crippen LogP contribution in [0.25, 0.3) is 0 Å². The molecule has 0 spiro atoms. The van der Waals surface area contributed by atoms with Crippen molar-refractivity contribution >= 4 is 39.1 Å². The van der Waals surface area contributed by atoms with Gasteiger partial charge in [-0.25, -0.2) is 8.42 Å². The molecule has 3 aromatic carbocycles. The number of para-hydroxylation sites is 1. The van der Waals surface area contributed by atoms with Crippen molar-refractivity contribution in [3.05, 3.63) is 95.0 Å². The standard InChI is InChI=1S/C31H36ClN3O4S/c1-3-29(31(37)33-26-9-7-8-10-26)34(21-24-15-17-25(32)18-16-24)30(36)22-35(27-11-5-4-6-12-27)40(38,39)28-19-13-23(2)14-20-28/h4-6,11-20,26,29H,3,7-10,21-22H2,1-2H3,(H,33,37)/t29-/m0/s1. The van der Waals surface area contributed by atoms with E-state index in [-0.39, 0.29) is 23.4 Å². The van der Waals surface area contributed by atoms with Gasteiger partial charge >= 0.3 is 0 Å². The summed E-state index contributed by atoms with van der Waals surface area (Å²) in [5.74, 6) is -0.688. The van der Waals surface area contributed by atoms with Gasteiger partial charge in [-0.05, 0) is 68.1 Å². The summed E-state index contributed by atoms with van der Waals surface area (Å²) in [7, 11) is -4.08. The van der Waals surface area contributed by atoms with Gasteiger partial charge in [0.2, 0.25) is 11.8 Å². The number of carbonyl (C=O) groups excluding carboxylic acids is 2. The zero-order chi connectivity index (χ0) is 28.7. The van der Waals surface area contributed by atoms with Crippen LogP contribution in [-0.2, 0) is 26.2 Å². The van der Waals surface area contributed by atoms with Crippen LogP contribution in [0.2, 0.25) is 5.02 Å². The minimum absolute atomic E-state index is 0.0880. The van der Waals surface area contributed by atoms with Crippen LogP contribution in [-0.4, -0.2) is 43.8 Å². The molecule has 40 heavy (non-hydrogen) atoms. The first-order valence-electron chi connectivity index (χ1n) is 13.7. The van der Waals surface area contributed by atoms with Crippen molar-refractivity contribution in [2.24, 2.45) is 0 Å². The Bertz CT molecular complexity index is 1390. The molecule has 0 aromatic heterocycles. The predicted molar refractivity (Wildman–Crippen MR) is 159 cm³/mol. The van der Waals surface area contributed by atoms with E-state index in [0.717, 1.165) is 41.1 Å². The Kier molecular flexibility index (Phi) is 9.87. The molecular weight excluding hydrogens is 546 g/mol. The summed E-state index contributed by atoms with van der Waals surface area (Å²) in [5.41, 5.74) is 2.08. The van der Waals surface area contributed by atoms with E-state index in [1.165, 1.54) is 4.90 Å². The molecule has 1 saturated carbocycles. The van der Waals surface area contributed by atoms with Crippen molar-refractivity contribution in [1.82, 2.24) is 10.2 Å². The zero-order valence-electron chi connectivity index (χ0n) is 22.9. The van der Waals surface area contributed by atoms with E-state index < -0.39 is 28.5 Å². The summed E-state index contributed by atoms with van der Waals surface area (Å²) in [6, 6.07) is 21.5. The molecule has 1 aliphatic carbocycles. The average molecular weight is 582 g/mol. The number of aryl methyl sites for hydroxylation is 1. The number of sulfonamides is 1. The maximum absolute atomic E-state index is 14.1. The SMILES string of the molecule is CC[C@@H](C(=O)NC1CCCC1)N(Cc1ccc(Cl)cc1)C(=O)CN(c1ccccc1)S(=O)(=O)c1ccc(C)cc1. The van der Waals surface area contributed by atoms with Gasteiger partial charge in [-0.3, -0.25) is 13.9 Å². The molecule has 212 valence electrons. The molecule has 9 heteroatoms. The normalized spacial score (nSPS) is 14.5. The van der Waals surface area contributed by atoms with Crippen LogP contribution >= 0.6 is 11.6 Å². The van der Waals surface area contributed by atoms with Gasteiger partial charge < -0.3 is 10.2 Å². The Balaban J connectivity index is 1.68. The molecule has 3 aromatic rings. The maximum atomic E-state index is 14.1. The first kappa shape index (κ1) is 29.6. The maximum Gasteiger partial charge on any atom is 0.264 e. The smallest absolute Gasteiger partial charge is 0.264 e. The minimum Gasteiger partial charge on any atom is -0.352 e. The van der Waals surface area contributed by atoms with Crippen molar-refractivity contribution in [1.29, 1.82) is 0 Å². The van der Waals surface area contributed by atoms with Crippen LogP contribution < -0.4 is 9.62 Å². The number of anilines is 1. The Morgan fingerprint density at radius 3 is 2.17 bits per heavy atom. The monoisotopic (exact) mass is 581 g/mol. The zero-order valence-corrected chi connectivity index (χ0v) is 24.5. The first-order valence-corrected chi connectivity index (χ1v) is 15.5. The van der Waals surface area contributed by atoms with Gasteiger partial charge in [0, 0.05) is 17.6 Å². The molecule has 4 rings (SSSR count). The second kappa shape index (κ2) is 13.3. The molecule has 0 radical (unpaired) electrons. The highest BCUT2D eigenvalue weighted by Gasteiger charge is 2.34. The summed E-state index contributed by atoms with van der Waals surface area (Å²) < 4.78 is 28.8. The Morgan fingerprint density at radius 1 is 0.950 bits per heavy atom. The third-order valence-corrected chi connectivity index (χ3v) is 9.33. The summed E-state index contributed by atoms with van der Waals surface area (Å²) in [4.78, 5) is 29.1. The second-order valence-corrected chi connectivity index (χ2v) is 12.5. The molecule has 0 aliphatic heterocycles. The lowest BCUT2D eigenvalue weighted by Gasteiger charge is -2.33. The third kappa shape index (κ3) is 7.23. The Hall–Kier alpha value is -3.36. The molecule has 2 amide bonds. The number of halogens is 1. The van der Waals surface area contributed by atoms with E-state index in [0.29, 0.717) is 17.1 Å². The van der Waals surface area contributed by atoms with E-state index in [2.05, 4.69) is 5.32 Å². The van der Waals surface area contributed by atoms with Gasteiger partial charge in [-0.15, -0.1) is 0 Å². The first-order chi connectivity index (χ1) is 19.2. The van der Waals surface area contributed by atoms with Gasteiger partial charge in [-0.1, -0.05) is 79.4 Å². The summed E-state index contributed by atoms with van der Waals surface area (Å²) >= 11 is 6.08. The molecule has 1 N–H and O–H groups in total. The van der Waals surface area contributed by atoms with Crippen LogP contribution in [0.15, 0.2) is 83.8 Å². The molecule has 0 bridgehead atoms. The fourth-order valence-corrected chi connectivity index (χ4v) is 6.57. The van der Waals surface area contributed by atoms with Gasteiger partial charge in [0.25, 0.3) is 10.0 Å². The van der Waals surface area contributed by atoms with E-state index in [1.807, 2.05) is 26.0 Å². The summed E-state index contributed by atoms with van der Waals surface area (Å²) in [5, 5.41) is 3.68. The van der Waals surface area contributed by atoms with Crippen LogP contribution in [0.5, 0.6) is 0 Å². The number of hydrogen-bond acceptors (Lipinski definition) is 4. The number of nitrogens with zero attached hydrogens (tertiary/aromatic N) is 2. The number of amides is 2. The molecule has 0 saturated heterocycles. The lowest BCUT2D eigenvalue weighted by Crippen LogP contribution is -2.53. The number of nitrogens with one attached hydrogen (secondary N) is 1. The van der Waals surface area contributed by atoms with Gasteiger partial charge in [0.1, 0.15) is 12.6 Å². The van der Waals surface area contributed by atoms with Gasteiger partial charge in [-0.2, -0.15) is 0 Å². The van der Waals surface area contributed by atoms with Crippen molar-refractivity contribution in [3.8, 4) is 0 Å². The third-order valence-electron chi connectivity index (χ3n) is 7.29. The van der Waals surface area contributed by atoms with E-state index in [9.17, 15) is 18.0 Å². The average Bonchev–Trinajstić information content (AvgIpc) is 3.46. The van der Waals surface area contributed by atoms with Crippen LogP contribution in [0.4, 0.5) is 5.69 Å². The van der Waals surface area contributed by atoms with Gasteiger partial charge in [0.05, 0.1) is 10.6 Å².